The molecule has 0 saturated heterocycles. The van der Waals surface area contributed by atoms with Crippen LogP contribution in [0.25, 0.3) is 0 Å². The van der Waals surface area contributed by atoms with Crippen LogP contribution in [-0.4, -0.2) is 0 Å². The number of hydrogen-bond acceptors (Lipinski definition) is 1. The van der Waals surface area contributed by atoms with Crippen LogP contribution in [0.2, 0.25) is 0 Å². The maximum absolute atomic E-state index is 3.86. The van der Waals surface area contributed by atoms with E-state index in [0.29, 0.717) is 0 Å². The smallest absolute Gasteiger partial charge is 0.0417 e. The van der Waals surface area contributed by atoms with Crippen LogP contribution >= 0.6 is 0 Å². The van der Waals surface area contributed by atoms with Gasteiger partial charge in [-0.3, -0.25) is 0 Å². The van der Waals surface area contributed by atoms with E-state index in [9.17, 15) is 0 Å². The lowest BCUT2D eigenvalue weighted by atomic mass is 9.98. The number of hydrogen-bond donors (Lipinski definition) is 1. The SMILES string of the molecule is CCCCCCCc1ccc(Nc2ccccc2CCCCCCC)c(CCCCCCC)c1. The van der Waals surface area contributed by atoms with Crippen molar-refractivity contribution in [2.24, 2.45) is 0 Å². The largest absolute Gasteiger partial charge is 0.355 e. The molecule has 2 rings (SSSR count). The molecule has 0 amide bonds. The minimum Gasteiger partial charge on any atom is -0.355 e. The van der Waals surface area contributed by atoms with Crippen molar-refractivity contribution in [2.75, 3.05) is 5.32 Å². The molecular weight excluding hydrogens is 410 g/mol. The highest BCUT2D eigenvalue weighted by Crippen LogP contribution is 2.28. The minimum absolute atomic E-state index is 1.18. The summed E-state index contributed by atoms with van der Waals surface area (Å²) < 4.78 is 0. The van der Waals surface area contributed by atoms with Crippen LogP contribution in [0.3, 0.4) is 0 Å². The van der Waals surface area contributed by atoms with Gasteiger partial charge in [0.25, 0.3) is 0 Å². The lowest BCUT2D eigenvalue weighted by Crippen LogP contribution is -2.01. The molecule has 0 heterocycles. The van der Waals surface area contributed by atoms with Crippen LogP contribution < -0.4 is 5.32 Å². The Bertz CT molecular complexity index is 763. The average Bonchev–Trinajstić information content (AvgIpc) is 2.86. The monoisotopic (exact) mass is 463 g/mol. The van der Waals surface area contributed by atoms with Crippen LogP contribution in [0.1, 0.15) is 134 Å². The molecule has 0 aliphatic rings. The highest BCUT2D eigenvalue weighted by molar-refractivity contribution is 5.66. The van der Waals surface area contributed by atoms with Gasteiger partial charge >= 0.3 is 0 Å². The van der Waals surface area contributed by atoms with E-state index in [-0.39, 0.29) is 0 Å². The molecule has 0 aromatic heterocycles. The third kappa shape index (κ3) is 11.6. The first-order valence-electron chi connectivity index (χ1n) is 14.7. The summed E-state index contributed by atoms with van der Waals surface area (Å²) in [6, 6.07) is 16.2. The Morgan fingerprint density at radius 1 is 0.471 bits per heavy atom. The van der Waals surface area contributed by atoms with E-state index in [1.807, 2.05) is 0 Å². The van der Waals surface area contributed by atoms with Crippen molar-refractivity contribution in [3.8, 4) is 0 Å². The highest BCUT2D eigenvalue weighted by atomic mass is 14.9. The Morgan fingerprint density at radius 3 is 1.59 bits per heavy atom. The molecule has 0 saturated carbocycles. The molecule has 2 aromatic carbocycles. The summed E-state index contributed by atoms with van der Waals surface area (Å²) in [4.78, 5) is 0. The van der Waals surface area contributed by atoms with E-state index in [2.05, 4.69) is 68.6 Å². The molecule has 0 aliphatic carbocycles. The molecule has 2 aromatic rings. The molecule has 0 spiro atoms. The van der Waals surface area contributed by atoms with Crippen molar-refractivity contribution in [3.63, 3.8) is 0 Å². The van der Waals surface area contributed by atoms with Gasteiger partial charge in [0.15, 0.2) is 0 Å². The zero-order chi connectivity index (χ0) is 24.3. The Kier molecular flexibility index (Phi) is 15.5. The van der Waals surface area contributed by atoms with Crippen molar-refractivity contribution in [1.29, 1.82) is 0 Å². The fraction of sp³-hybridized carbons (Fsp3) is 0.636. The summed E-state index contributed by atoms with van der Waals surface area (Å²) in [5.41, 5.74) is 7.13. The van der Waals surface area contributed by atoms with Gasteiger partial charge in [0.1, 0.15) is 0 Å². The topological polar surface area (TPSA) is 12.0 Å². The number of nitrogens with one attached hydrogen (secondary N) is 1. The number of rotatable bonds is 20. The van der Waals surface area contributed by atoms with Gasteiger partial charge in [-0.25, -0.2) is 0 Å². The lowest BCUT2D eigenvalue weighted by molar-refractivity contribution is 0.628. The predicted octanol–water partition coefficient (Wildman–Crippen LogP) is 11.0. The molecule has 0 fully saturated rings. The van der Waals surface area contributed by atoms with E-state index < -0.39 is 0 Å². The predicted molar refractivity (Wildman–Crippen MR) is 154 cm³/mol. The van der Waals surface area contributed by atoms with Crippen molar-refractivity contribution in [2.45, 2.75) is 136 Å². The van der Waals surface area contributed by atoms with Gasteiger partial charge in [-0.1, -0.05) is 128 Å². The average molecular weight is 464 g/mol. The Morgan fingerprint density at radius 2 is 0.971 bits per heavy atom. The fourth-order valence-electron chi connectivity index (χ4n) is 4.91. The van der Waals surface area contributed by atoms with Gasteiger partial charge < -0.3 is 5.32 Å². The Labute approximate surface area is 212 Å². The Balaban J connectivity index is 2.05. The summed E-state index contributed by atoms with van der Waals surface area (Å²) in [5, 5.41) is 3.86. The summed E-state index contributed by atoms with van der Waals surface area (Å²) in [5.74, 6) is 0. The second-order valence-electron chi connectivity index (χ2n) is 10.3. The van der Waals surface area contributed by atoms with Crippen molar-refractivity contribution < 1.29 is 0 Å². The van der Waals surface area contributed by atoms with Gasteiger partial charge in [0, 0.05) is 11.4 Å². The third-order valence-corrected chi connectivity index (χ3v) is 7.12. The summed E-state index contributed by atoms with van der Waals surface area (Å²) >= 11 is 0. The third-order valence-electron chi connectivity index (χ3n) is 7.12. The fourth-order valence-corrected chi connectivity index (χ4v) is 4.91. The zero-order valence-corrected chi connectivity index (χ0v) is 22.8. The molecule has 1 nitrogen and oxygen atoms in total. The van der Waals surface area contributed by atoms with E-state index in [0.717, 1.165) is 0 Å². The molecule has 1 heteroatoms. The number of unbranched alkanes of at least 4 members (excludes halogenated alkanes) is 12. The molecule has 190 valence electrons. The van der Waals surface area contributed by atoms with Crippen LogP contribution in [0.4, 0.5) is 11.4 Å². The standard InChI is InChI=1S/C33H53N/c1-4-7-10-13-16-21-29-26-27-33(31(28-29)24-18-15-12-9-6-3)34-32-25-20-19-23-30(32)22-17-14-11-8-5-2/h19-20,23,25-28,34H,4-18,21-22,24H2,1-3H3. The lowest BCUT2D eigenvalue weighted by Gasteiger charge is -2.17. The van der Waals surface area contributed by atoms with Crippen molar-refractivity contribution in [3.05, 3.63) is 59.2 Å². The van der Waals surface area contributed by atoms with Crippen molar-refractivity contribution >= 4 is 11.4 Å². The van der Waals surface area contributed by atoms with Crippen LogP contribution in [0, 0.1) is 0 Å². The van der Waals surface area contributed by atoms with Crippen molar-refractivity contribution in [1.82, 2.24) is 0 Å². The first-order valence-corrected chi connectivity index (χ1v) is 14.7. The number of aryl methyl sites for hydroxylation is 3. The van der Waals surface area contributed by atoms with Gasteiger partial charge in [0.05, 0.1) is 0 Å². The molecule has 0 atom stereocenters. The highest BCUT2D eigenvalue weighted by Gasteiger charge is 2.08. The van der Waals surface area contributed by atoms with Gasteiger partial charge in [-0.05, 0) is 67.3 Å². The first-order chi connectivity index (χ1) is 16.8. The molecule has 0 aliphatic heterocycles. The summed E-state index contributed by atoms with van der Waals surface area (Å²) in [6.07, 6.45) is 23.8. The normalized spacial score (nSPS) is 11.1. The number of para-hydroxylation sites is 1. The van der Waals surface area contributed by atoms with E-state index in [4.69, 9.17) is 0 Å². The second kappa shape index (κ2) is 18.6. The van der Waals surface area contributed by atoms with E-state index >= 15 is 0 Å². The molecular formula is C33H53N. The van der Waals surface area contributed by atoms with E-state index in [1.54, 1.807) is 0 Å². The van der Waals surface area contributed by atoms with Crippen LogP contribution in [0.15, 0.2) is 42.5 Å². The maximum atomic E-state index is 3.86. The van der Waals surface area contributed by atoms with E-state index in [1.165, 1.54) is 144 Å². The molecule has 34 heavy (non-hydrogen) atoms. The summed E-state index contributed by atoms with van der Waals surface area (Å²) in [7, 11) is 0. The van der Waals surface area contributed by atoms with Crippen LogP contribution in [0.5, 0.6) is 0 Å². The van der Waals surface area contributed by atoms with Gasteiger partial charge in [-0.15, -0.1) is 0 Å². The Hall–Kier alpha value is -1.76. The molecule has 1 N–H and O–H groups in total. The number of benzene rings is 2. The van der Waals surface area contributed by atoms with Gasteiger partial charge in [0.2, 0.25) is 0 Å². The summed E-state index contributed by atoms with van der Waals surface area (Å²) in [6.45, 7) is 6.88. The quantitative estimate of drug-likeness (QED) is 0.192. The maximum Gasteiger partial charge on any atom is 0.0417 e. The minimum atomic E-state index is 1.18. The first kappa shape index (κ1) is 28.5. The van der Waals surface area contributed by atoms with Gasteiger partial charge in [-0.2, -0.15) is 0 Å². The molecule has 0 bridgehead atoms. The molecule has 0 unspecified atom stereocenters. The van der Waals surface area contributed by atoms with Crippen LogP contribution in [-0.2, 0) is 19.3 Å². The molecule has 0 radical (unpaired) electrons. The number of anilines is 2. The zero-order valence-electron chi connectivity index (χ0n) is 22.8. The second-order valence-corrected chi connectivity index (χ2v) is 10.3.